The van der Waals surface area contributed by atoms with Crippen LogP contribution >= 0.6 is 0 Å². The van der Waals surface area contributed by atoms with Crippen molar-refractivity contribution in [2.45, 2.75) is 45.5 Å². The van der Waals surface area contributed by atoms with E-state index in [1.807, 2.05) is 13.8 Å². The third kappa shape index (κ3) is 3.87. The average molecular weight is 262 g/mol. The van der Waals surface area contributed by atoms with Gasteiger partial charge < -0.3 is 10.5 Å². The van der Waals surface area contributed by atoms with Crippen molar-refractivity contribution in [3.8, 4) is 5.88 Å². The lowest BCUT2D eigenvalue weighted by Crippen LogP contribution is -2.31. The van der Waals surface area contributed by atoms with Gasteiger partial charge in [0.05, 0.1) is 0 Å². The second-order valence-corrected chi connectivity index (χ2v) is 4.40. The third-order valence-electron chi connectivity index (χ3n) is 2.47. The van der Waals surface area contributed by atoms with Crippen LogP contribution in [0.5, 0.6) is 5.88 Å². The van der Waals surface area contributed by atoms with Crippen molar-refractivity contribution in [2.75, 3.05) is 0 Å². The van der Waals surface area contributed by atoms with Crippen LogP contribution in [0.4, 0.5) is 13.2 Å². The van der Waals surface area contributed by atoms with Crippen LogP contribution in [0.1, 0.15) is 37.9 Å². The summed E-state index contributed by atoms with van der Waals surface area (Å²) in [5, 5.41) is 0. The highest BCUT2D eigenvalue weighted by molar-refractivity contribution is 5.26. The molecule has 0 saturated heterocycles. The van der Waals surface area contributed by atoms with Gasteiger partial charge in [-0.05, 0) is 24.5 Å². The van der Waals surface area contributed by atoms with Gasteiger partial charge in [-0.15, -0.1) is 0 Å². The first-order valence-electron chi connectivity index (χ1n) is 5.68. The van der Waals surface area contributed by atoms with Crippen LogP contribution in [0.3, 0.4) is 0 Å². The standard InChI is InChI=1S/C12H17F3N2O/c1-7(2)10-4-9(6-16)5-11(17-10)18-8(3)12(13,14)15/h4-5,7-8H,6,16H2,1-3H3. The molecular formula is C12H17F3N2O. The maximum Gasteiger partial charge on any atom is 0.425 e. The summed E-state index contributed by atoms with van der Waals surface area (Å²) < 4.78 is 42.0. The molecular weight excluding hydrogens is 245 g/mol. The molecule has 2 N–H and O–H groups in total. The molecule has 0 amide bonds. The number of hydrogen-bond acceptors (Lipinski definition) is 3. The normalized spacial score (nSPS) is 13.8. The Hall–Kier alpha value is -1.30. The van der Waals surface area contributed by atoms with Crippen molar-refractivity contribution in [2.24, 2.45) is 5.73 Å². The van der Waals surface area contributed by atoms with E-state index in [9.17, 15) is 13.2 Å². The lowest BCUT2D eigenvalue weighted by molar-refractivity contribution is -0.190. The van der Waals surface area contributed by atoms with Gasteiger partial charge in [0.1, 0.15) is 0 Å². The summed E-state index contributed by atoms with van der Waals surface area (Å²) in [6.07, 6.45) is -6.30. The van der Waals surface area contributed by atoms with E-state index in [2.05, 4.69) is 4.98 Å². The summed E-state index contributed by atoms with van der Waals surface area (Å²) in [5.41, 5.74) is 6.87. The molecule has 1 aromatic rings. The molecule has 1 rings (SSSR count). The van der Waals surface area contributed by atoms with Crippen LogP contribution in [0.25, 0.3) is 0 Å². The van der Waals surface area contributed by atoms with Crippen molar-refractivity contribution < 1.29 is 17.9 Å². The number of halogens is 3. The van der Waals surface area contributed by atoms with Gasteiger partial charge >= 0.3 is 6.18 Å². The van der Waals surface area contributed by atoms with E-state index in [4.69, 9.17) is 10.5 Å². The summed E-state index contributed by atoms with van der Waals surface area (Å²) in [6.45, 7) is 4.99. The Balaban J connectivity index is 2.98. The highest BCUT2D eigenvalue weighted by Gasteiger charge is 2.38. The predicted molar refractivity (Wildman–Crippen MR) is 62.4 cm³/mol. The zero-order chi connectivity index (χ0) is 13.9. The molecule has 0 bridgehead atoms. The molecule has 0 aromatic carbocycles. The molecule has 0 saturated carbocycles. The van der Waals surface area contributed by atoms with E-state index in [0.29, 0.717) is 11.3 Å². The monoisotopic (exact) mass is 262 g/mol. The Morgan fingerprint density at radius 2 is 1.89 bits per heavy atom. The lowest BCUT2D eigenvalue weighted by atomic mass is 10.1. The maximum absolute atomic E-state index is 12.4. The molecule has 0 aliphatic heterocycles. The van der Waals surface area contributed by atoms with E-state index in [1.54, 1.807) is 6.07 Å². The van der Waals surface area contributed by atoms with E-state index in [1.165, 1.54) is 6.07 Å². The summed E-state index contributed by atoms with van der Waals surface area (Å²) in [4.78, 5) is 4.06. The Kier molecular flexibility index (Phi) is 4.56. The molecule has 0 radical (unpaired) electrons. The molecule has 0 spiro atoms. The van der Waals surface area contributed by atoms with Crippen molar-refractivity contribution in [1.82, 2.24) is 4.98 Å². The van der Waals surface area contributed by atoms with Gasteiger partial charge in [0, 0.05) is 18.3 Å². The van der Waals surface area contributed by atoms with E-state index in [-0.39, 0.29) is 18.3 Å². The van der Waals surface area contributed by atoms with Crippen LogP contribution in [0, 0.1) is 0 Å². The zero-order valence-corrected chi connectivity index (χ0v) is 10.6. The second-order valence-electron chi connectivity index (χ2n) is 4.40. The molecule has 1 aromatic heterocycles. The number of nitrogens with zero attached hydrogens (tertiary/aromatic N) is 1. The first-order chi connectivity index (χ1) is 8.24. The van der Waals surface area contributed by atoms with Crippen molar-refractivity contribution in [3.63, 3.8) is 0 Å². The number of aromatic nitrogens is 1. The number of hydrogen-bond donors (Lipinski definition) is 1. The van der Waals surface area contributed by atoms with Crippen LogP contribution in [-0.2, 0) is 6.54 Å². The number of alkyl halides is 3. The van der Waals surface area contributed by atoms with Crippen molar-refractivity contribution >= 4 is 0 Å². The largest absolute Gasteiger partial charge is 0.465 e. The predicted octanol–water partition coefficient (Wildman–Crippen LogP) is 2.99. The molecule has 0 aliphatic rings. The highest BCUT2D eigenvalue weighted by atomic mass is 19.4. The van der Waals surface area contributed by atoms with Gasteiger partial charge in [0.25, 0.3) is 0 Å². The van der Waals surface area contributed by atoms with Crippen LogP contribution in [0.2, 0.25) is 0 Å². The smallest absolute Gasteiger partial charge is 0.425 e. The lowest BCUT2D eigenvalue weighted by Gasteiger charge is -2.18. The first kappa shape index (κ1) is 14.8. The van der Waals surface area contributed by atoms with E-state index >= 15 is 0 Å². The van der Waals surface area contributed by atoms with Gasteiger partial charge in [0.15, 0.2) is 6.10 Å². The number of pyridine rings is 1. The van der Waals surface area contributed by atoms with E-state index in [0.717, 1.165) is 6.92 Å². The minimum atomic E-state index is -4.40. The molecule has 102 valence electrons. The fraction of sp³-hybridized carbons (Fsp3) is 0.583. The molecule has 3 nitrogen and oxygen atoms in total. The van der Waals surface area contributed by atoms with Crippen LogP contribution in [0.15, 0.2) is 12.1 Å². The average Bonchev–Trinajstić information content (AvgIpc) is 2.27. The van der Waals surface area contributed by atoms with Gasteiger partial charge in [-0.25, -0.2) is 4.98 Å². The Morgan fingerprint density at radius 1 is 1.28 bits per heavy atom. The Bertz CT molecular complexity index is 405. The van der Waals surface area contributed by atoms with Gasteiger partial charge in [-0.2, -0.15) is 13.2 Å². The fourth-order valence-corrected chi connectivity index (χ4v) is 1.30. The molecule has 1 heterocycles. The molecule has 1 unspecified atom stereocenters. The summed E-state index contributed by atoms with van der Waals surface area (Å²) in [7, 11) is 0. The second kappa shape index (κ2) is 5.56. The summed E-state index contributed by atoms with van der Waals surface area (Å²) >= 11 is 0. The van der Waals surface area contributed by atoms with E-state index < -0.39 is 12.3 Å². The molecule has 0 fully saturated rings. The van der Waals surface area contributed by atoms with Crippen LogP contribution in [-0.4, -0.2) is 17.3 Å². The first-order valence-corrected chi connectivity index (χ1v) is 5.68. The van der Waals surface area contributed by atoms with Gasteiger partial charge in [0.2, 0.25) is 5.88 Å². The molecule has 18 heavy (non-hydrogen) atoms. The summed E-state index contributed by atoms with van der Waals surface area (Å²) in [5.74, 6) is 0.0616. The number of nitrogens with two attached hydrogens (primary N) is 1. The molecule has 0 aliphatic carbocycles. The van der Waals surface area contributed by atoms with Gasteiger partial charge in [-0.3, -0.25) is 0 Å². The topological polar surface area (TPSA) is 48.1 Å². The van der Waals surface area contributed by atoms with Gasteiger partial charge in [-0.1, -0.05) is 13.8 Å². The minimum absolute atomic E-state index is 0.0357. The minimum Gasteiger partial charge on any atom is -0.465 e. The van der Waals surface area contributed by atoms with Crippen molar-refractivity contribution in [3.05, 3.63) is 23.4 Å². The summed E-state index contributed by atoms with van der Waals surface area (Å²) in [6, 6.07) is 3.21. The Labute approximate surface area is 104 Å². The number of rotatable bonds is 4. The number of ether oxygens (including phenoxy) is 1. The fourth-order valence-electron chi connectivity index (χ4n) is 1.30. The zero-order valence-electron chi connectivity index (χ0n) is 10.6. The maximum atomic E-state index is 12.4. The highest BCUT2D eigenvalue weighted by Crippen LogP contribution is 2.25. The van der Waals surface area contributed by atoms with Crippen LogP contribution < -0.4 is 10.5 Å². The quantitative estimate of drug-likeness (QED) is 0.907. The Morgan fingerprint density at radius 3 is 2.33 bits per heavy atom. The molecule has 1 atom stereocenters. The SMILES string of the molecule is CC(C)c1cc(CN)cc(OC(C)C(F)(F)F)n1. The van der Waals surface area contributed by atoms with Crippen molar-refractivity contribution in [1.29, 1.82) is 0 Å². The third-order valence-corrected chi connectivity index (χ3v) is 2.47. The molecule has 6 heteroatoms.